The van der Waals surface area contributed by atoms with E-state index in [9.17, 15) is 0 Å². The molecule has 0 amide bonds. The lowest BCUT2D eigenvalue weighted by Gasteiger charge is -2.29. The van der Waals surface area contributed by atoms with E-state index in [0.717, 1.165) is 31.8 Å². The van der Waals surface area contributed by atoms with Crippen molar-refractivity contribution in [1.29, 1.82) is 0 Å². The van der Waals surface area contributed by atoms with Crippen molar-refractivity contribution in [2.24, 2.45) is 0 Å². The molecule has 1 aromatic rings. The van der Waals surface area contributed by atoms with E-state index in [-0.39, 0.29) is 11.5 Å². The number of hydrogen-bond acceptors (Lipinski definition) is 4. The average molecular weight is 284 g/mol. The molecule has 0 unspecified atom stereocenters. The summed E-state index contributed by atoms with van der Waals surface area (Å²) in [6.07, 6.45) is 2.29. The number of piperidine rings is 1. The minimum absolute atomic E-state index is 0.129. The van der Waals surface area contributed by atoms with Crippen LogP contribution < -0.4 is 4.74 Å². The number of rotatable bonds is 2. The molecule has 2 rings (SSSR count). The summed E-state index contributed by atoms with van der Waals surface area (Å²) in [7, 11) is 2.13. The van der Waals surface area contributed by atoms with Gasteiger partial charge in [-0.2, -0.15) is 4.98 Å². The van der Waals surface area contributed by atoms with Gasteiger partial charge in [0.15, 0.2) is 0 Å². The van der Waals surface area contributed by atoms with Gasteiger partial charge in [-0.05, 0) is 19.9 Å². The minimum Gasteiger partial charge on any atom is -0.474 e. The summed E-state index contributed by atoms with van der Waals surface area (Å²) in [4.78, 5) is 11.1. The van der Waals surface area contributed by atoms with Gasteiger partial charge in [0.05, 0.1) is 0 Å². The quantitative estimate of drug-likeness (QED) is 0.782. The third-order valence-electron chi connectivity index (χ3n) is 3.30. The van der Waals surface area contributed by atoms with Crippen molar-refractivity contribution in [2.45, 2.75) is 45.1 Å². The van der Waals surface area contributed by atoms with Gasteiger partial charge in [-0.15, -0.1) is 0 Å². The molecule has 5 heteroatoms. The van der Waals surface area contributed by atoms with Crippen molar-refractivity contribution in [2.75, 3.05) is 20.1 Å². The Morgan fingerprint density at radius 2 is 1.89 bits per heavy atom. The highest BCUT2D eigenvalue weighted by Crippen LogP contribution is 2.25. The van der Waals surface area contributed by atoms with Gasteiger partial charge in [-0.1, -0.05) is 32.4 Å². The molecular formula is C14H22ClN3O. The number of nitrogens with zero attached hydrogens (tertiary/aromatic N) is 3. The first-order valence-corrected chi connectivity index (χ1v) is 7.12. The zero-order valence-electron chi connectivity index (χ0n) is 12.1. The largest absolute Gasteiger partial charge is 0.474 e. The normalized spacial score (nSPS) is 18.6. The molecule has 1 aliphatic heterocycles. The number of halogens is 1. The third kappa shape index (κ3) is 4.05. The van der Waals surface area contributed by atoms with Gasteiger partial charge in [-0.3, -0.25) is 0 Å². The number of ether oxygens (including phenoxy) is 1. The Morgan fingerprint density at radius 3 is 2.47 bits per heavy atom. The summed E-state index contributed by atoms with van der Waals surface area (Å²) >= 11 is 6.06. The van der Waals surface area contributed by atoms with E-state index in [0.29, 0.717) is 11.0 Å². The Kier molecular flexibility index (Phi) is 4.31. The SMILES string of the molecule is CN1CCC(Oc2cc(Cl)nc(C(C)(C)C)n2)CC1. The first-order chi connectivity index (χ1) is 8.84. The van der Waals surface area contributed by atoms with E-state index >= 15 is 0 Å². The monoisotopic (exact) mass is 283 g/mol. The molecule has 19 heavy (non-hydrogen) atoms. The van der Waals surface area contributed by atoms with Crippen molar-refractivity contribution in [3.63, 3.8) is 0 Å². The summed E-state index contributed by atoms with van der Waals surface area (Å²) in [5.74, 6) is 1.32. The van der Waals surface area contributed by atoms with Crippen LogP contribution in [0.25, 0.3) is 0 Å². The van der Waals surface area contributed by atoms with Gasteiger partial charge >= 0.3 is 0 Å². The van der Waals surface area contributed by atoms with Crippen LogP contribution in [0.4, 0.5) is 0 Å². The van der Waals surface area contributed by atoms with Crippen molar-refractivity contribution in [3.05, 3.63) is 17.0 Å². The second-order valence-corrected chi connectivity index (χ2v) is 6.61. The van der Waals surface area contributed by atoms with E-state index in [1.54, 1.807) is 6.07 Å². The third-order valence-corrected chi connectivity index (χ3v) is 3.49. The fraction of sp³-hybridized carbons (Fsp3) is 0.714. The standard InChI is InChI=1S/C14H22ClN3O/c1-14(2,3)13-16-11(15)9-12(17-13)19-10-5-7-18(4)8-6-10/h9-10H,5-8H2,1-4H3. The van der Waals surface area contributed by atoms with Crippen LogP contribution in [0.5, 0.6) is 5.88 Å². The molecule has 0 radical (unpaired) electrons. The Balaban J connectivity index is 2.10. The molecule has 0 spiro atoms. The maximum Gasteiger partial charge on any atom is 0.218 e. The van der Waals surface area contributed by atoms with Gasteiger partial charge < -0.3 is 9.64 Å². The molecule has 1 aromatic heterocycles. The zero-order valence-corrected chi connectivity index (χ0v) is 12.9. The second-order valence-electron chi connectivity index (χ2n) is 6.22. The smallest absolute Gasteiger partial charge is 0.218 e. The molecule has 4 nitrogen and oxygen atoms in total. The molecule has 106 valence electrons. The van der Waals surface area contributed by atoms with Gasteiger partial charge in [-0.25, -0.2) is 4.98 Å². The molecule has 0 N–H and O–H groups in total. The minimum atomic E-state index is -0.129. The summed E-state index contributed by atoms with van der Waals surface area (Å²) in [5, 5.41) is 0.447. The summed E-state index contributed by atoms with van der Waals surface area (Å²) in [6.45, 7) is 8.33. The molecule has 1 aliphatic rings. The van der Waals surface area contributed by atoms with Crippen LogP contribution in [0.2, 0.25) is 5.15 Å². The van der Waals surface area contributed by atoms with Crippen molar-refractivity contribution < 1.29 is 4.74 Å². The first-order valence-electron chi connectivity index (χ1n) is 6.75. The van der Waals surface area contributed by atoms with Crippen LogP contribution in [0, 0.1) is 0 Å². The Labute approximate surface area is 120 Å². The van der Waals surface area contributed by atoms with Crippen LogP contribution in [-0.2, 0) is 5.41 Å². The van der Waals surface area contributed by atoms with E-state index in [1.807, 2.05) is 0 Å². The molecule has 0 bridgehead atoms. The lowest BCUT2D eigenvalue weighted by molar-refractivity contribution is 0.109. The lowest BCUT2D eigenvalue weighted by Crippen LogP contribution is -2.35. The Hall–Kier alpha value is -0.870. The predicted octanol–water partition coefficient (Wildman–Crippen LogP) is 2.90. The van der Waals surface area contributed by atoms with Gasteiger partial charge in [0, 0.05) is 24.6 Å². The molecule has 1 fully saturated rings. The van der Waals surface area contributed by atoms with Crippen molar-refractivity contribution in [1.82, 2.24) is 14.9 Å². The zero-order chi connectivity index (χ0) is 14.0. The van der Waals surface area contributed by atoms with E-state index in [1.165, 1.54) is 0 Å². The molecular weight excluding hydrogens is 262 g/mol. The van der Waals surface area contributed by atoms with E-state index < -0.39 is 0 Å². The van der Waals surface area contributed by atoms with E-state index in [4.69, 9.17) is 16.3 Å². The van der Waals surface area contributed by atoms with Crippen LogP contribution >= 0.6 is 11.6 Å². The summed E-state index contributed by atoms with van der Waals surface area (Å²) in [6, 6.07) is 1.70. The molecule has 0 atom stereocenters. The Bertz CT molecular complexity index is 437. The molecule has 2 heterocycles. The summed E-state index contributed by atoms with van der Waals surface area (Å²) < 4.78 is 5.96. The maximum absolute atomic E-state index is 6.06. The first kappa shape index (κ1) is 14.5. The van der Waals surface area contributed by atoms with Crippen LogP contribution in [0.1, 0.15) is 39.4 Å². The molecule has 1 saturated heterocycles. The fourth-order valence-corrected chi connectivity index (χ4v) is 2.24. The van der Waals surface area contributed by atoms with Crippen LogP contribution in [0.15, 0.2) is 6.07 Å². The maximum atomic E-state index is 6.06. The van der Waals surface area contributed by atoms with Crippen LogP contribution in [-0.4, -0.2) is 41.1 Å². The second kappa shape index (κ2) is 5.63. The van der Waals surface area contributed by atoms with E-state index in [2.05, 4.69) is 42.7 Å². The lowest BCUT2D eigenvalue weighted by atomic mass is 9.96. The molecule has 0 aromatic carbocycles. The number of hydrogen-bond donors (Lipinski definition) is 0. The molecule has 0 saturated carbocycles. The number of likely N-dealkylation sites (tertiary alicyclic amines) is 1. The predicted molar refractivity (Wildman–Crippen MR) is 76.9 cm³/mol. The highest BCUT2D eigenvalue weighted by molar-refractivity contribution is 6.29. The summed E-state index contributed by atoms with van der Waals surface area (Å²) in [5.41, 5.74) is -0.129. The van der Waals surface area contributed by atoms with Crippen molar-refractivity contribution in [3.8, 4) is 5.88 Å². The van der Waals surface area contributed by atoms with Gasteiger partial charge in [0.25, 0.3) is 0 Å². The number of aromatic nitrogens is 2. The van der Waals surface area contributed by atoms with Gasteiger partial charge in [0.1, 0.15) is 17.1 Å². The Morgan fingerprint density at radius 1 is 1.26 bits per heavy atom. The van der Waals surface area contributed by atoms with Gasteiger partial charge in [0.2, 0.25) is 5.88 Å². The van der Waals surface area contributed by atoms with Crippen LogP contribution in [0.3, 0.4) is 0 Å². The fourth-order valence-electron chi connectivity index (χ4n) is 2.07. The molecule has 0 aliphatic carbocycles. The topological polar surface area (TPSA) is 38.2 Å². The average Bonchev–Trinajstić information content (AvgIpc) is 2.30. The highest BCUT2D eigenvalue weighted by Gasteiger charge is 2.22. The highest BCUT2D eigenvalue weighted by atomic mass is 35.5. The van der Waals surface area contributed by atoms with Crippen molar-refractivity contribution >= 4 is 11.6 Å².